The summed E-state index contributed by atoms with van der Waals surface area (Å²) in [5.41, 5.74) is 1.81. The van der Waals surface area contributed by atoms with E-state index in [9.17, 15) is 4.79 Å². The van der Waals surface area contributed by atoms with Gasteiger partial charge in [0, 0.05) is 0 Å². The molecule has 0 radical (unpaired) electrons. The van der Waals surface area contributed by atoms with Crippen molar-refractivity contribution in [2.75, 3.05) is 0 Å². The molecule has 3 heteroatoms. The van der Waals surface area contributed by atoms with Gasteiger partial charge in [0.1, 0.15) is 6.29 Å². The highest BCUT2D eigenvalue weighted by atomic mass is 16.1. The van der Waals surface area contributed by atoms with E-state index in [1.165, 1.54) is 0 Å². The minimum absolute atomic E-state index is 0.572. The van der Waals surface area contributed by atoms with Crippen LogP contribution in [0.3, 0.4) is 0 Å². The number of rotatable bonds is 2. The van der Waals surface area contributed by atoms with E-state index in [2.05, 4.69) is 9.97 Å². The van der Waals surface area contributed by atoms with E-state index < -0.39 is 5.41 Å². The van der Waals surface area contributed by atoms with Gasteiger partial charge in [-0.05, 0) is 26.0 Å². The van der Waals surface area contributed by atoms with Crippen molar-refractivity contribution in [2.24, 2.45) is 0 Å². The van der Waals surface area contributed by atoms with E-state index in [1.54, 1.807) is 6.20 Å². The molecule has 0 unspecified atom stereocenters. The molecule has 0 aliphatic rings. The summed E-state index contributed by atoms with van der Waals surface area (Å²) in [5, 5.41) is 0. The molecule has 0 fully saturated rings. The van der Waals surface area contributed by atoms with Gasteiger partial charge in [-0.25, -0.2) is 4.98 Å². The lowest BCUT2D eigenvalue weighted by Gasteiger charge is -2.15. The molecule has 76 valence electrons. The Morgan fingerprint density at radius 1 is 1.20 bits per heavy atom. The first-order valence-electron chi connectivity index (χ1n) is 4.82. The number of carbonyl (C=O) groups is 1. The molecular weight excluding hydrogens is 188 g/mol. The fourth-order valence-corrected chi connectivity index (χ4v) is 1.33. The van der Waals surface area contributed by atoms with Crippen LogP contribution in [0.5, 0.6) is 0 Å². The summed E-state index contributed by atoms with van der Waals surface area (Å²) in [5.74, 6) is 0. The predicted molar refractivity (Wildman–Crippen MR) is 58.6 cm³/mol. The van der Waals surface area contributed by atoms with Crippen LogP contribution < -0.4 is 0 Å². The Hall–Kier alpha value is -1.77. The quantitative estimate of drug-likeness (QED) is 0.697. The predicted octanol–water partition coefficient (Wildman–Crippen LogP) is 2.11. The first-order valence-corrected chi connectivity index (χ1v) is 4.82. The monoisotopic (exact) mass is 200 g/mol. The van der Waals surface area contributed by atoms with Crippen LogP contribution in [-0.2, 0) is 10.2 Å². The summed E-state index contributed by atoms with van der Waals surface area (Å²) in [6.45, 7) is 3.66. The van der Waals surface area contributed by atoms with Crippen LogP contribution in [0.15, 0.2) is 30.5 Å². The van der Waals surface area contributed by atoms with Crippen LogP contribution in [-0.4, -0.2) is 16.3 Å². The van der Waals surface area contributed by atoms with Gasteiger partial charge in [-0.15, -0.1) is 0 Å². The largest absolute Gasteiger partial charge is 0.302 e. The fraction of sp³-hybridized carbons (Fsp3) is 0.250. The summed E-state index contributed by atoms with van der Waals surface area (Å²) >= 11 is 0. The lowest BCUT2D eigenvalue weighted by molar-refractivity contribution is -0.111. The van der Waals surface area contributed by atoms with Gasteiger partial charge in [0.2, 0.25) is 0 Å². The van der Waals surface area contributed by atoms with Gasteiger partial charge in [0.05, 0.1) is 28.3 Å². The van der Waals surface area contributed by atoms with Crippen LogP contribution in [0.25, 0.3) is 11.0 Å². The summed E-state index contributed by atoms with van der Waals surface area (Å²) in [4.78, 5) is 19.6. The maximum Gasteiger partial charge on any atom is 0.131 e. The number of fused-ring (bicyclic) bond motifs is 1. The molecule has 1 aromatic heterocycles. The highest BCUT2D eigenvalue weighted by Gasteiger charge is 2.21. The molecular formula is C12H12N2O. The average molecular weight is 200 g/mol. The van der Waals surface area contributed by atoms with Crippen LogP contribution >= 0.6 is 0 Å². The Labute approximate surface area is 88.2 Å². The molecule has 0 saturated heterocycles. The van der Waals surface area contributed by atoms with Crippen molar-refractivity contribution in [3.63, 3.8) is 0 Å². The zero-order chi connectivity index (χ0) is 10.9. The van der Waals surface area contributed by atoms with Crippen molar-refractivity contribution in [3.8, 4) is 0 Å². The molecule has 2 rings (SSSR count). The molecule has 0 N–H and O–H groups in total. The highest BCUT2D eigenvalue weighted by Crippen LogP contribution is 2.19. The molecule has 1 heterocycles. The maximum atomic E-state index is 10.9. The molecule has 15 heavy (non-hydrogen) atoms. The van der Waals surface area contributed by atoms with Crippen molar-refractivity contribution < 1.29 is 4.79 Å². The van der Waals surface area contributed by atoms with Crippen molar-refractivity contribution in [2.45, 2.75) is 19.3 Å². The van der Waals surface area contributed by atoms with Crippen molar-refractivity contribution in [1.29, 1.82) is 0 Å². The third-order valence-corrected chi connectivity index (χ3v) is 2.40. The number of aromatic nitrogens is 2. The van der Waals surface area contributed by atoms with Gasteiger partial charge in [0.25, 0.3) is 0 Å². The topological polar surface area (TPSA) is 42.9 Å². The lowest BCUT2D eigenvalue weighted by atomic mass is 9.92. The number of para-hydroxylation sites is 2. The molecule has 0 amide bonds. The third kappa shape index (κ3) is 1.73. The minimum Gasteiger partial charge on any atom is -0.302 e. The van der Waals surface area contributed by atoms with Gasteiger partial charge >= 0.3 is 0 Å². The van der Waals surface area contributed by atoms with E-state index in [-0.39, 0.29) is 0 Å². The summed E-state index contributed by atoms with van der Waals surface area (Å²) in [6, 6.07) is 7.63. The highest BCUT2D eigenvalue weighted by molar-refractivity contribution is 5.75. The van der Waals surface area contributed by atoms with Gasteiger partial charge < -0.3 is 4.79 Å². The molecule has 0 saturated carbocycles. The number of nitrogens with zero attached hydrogens (tertiary/aromatic N) is 2. The van der Waals surface area contributed by atoms with E-state index >= 15 is 0 Å². The maximum absolute atomic E-state index is 10.9. The minimum atomic E-state index is -0.572. The Balaban J connectivity index is 2.61. The number of hydrogen-bond acceptors (Lipinski definition) is 3. The van der Waals surface area contributed by atoms with Gasteiger partial charge in [0.15, 0.2) is 0 Å². The molecule has 1 aromatic carbocycles. The first kappa shape index (κ1) is 9.77. The van der Waals surface area contributed by atoms with Crippen LogP contribution in [0.4, 0.5) is 0 Å². The number of hydrogen-bond donors (Lipinski definition) is 0. The summed E-state index contributed by atoms with van der Waals surface area (Å²) in [6.07, 6.45) is 2.56. The molecule has 2 aromatic rings. The van der Waals surface area contributed by atoms with Crippen LogP contribution in [0.2, 0.25) is 0 Å². The third-order valence-electron chi connectivity index (χ3n) is 2.40. The SMILES string of the molecule is CC(C)(C=O)c1cnc2ccccc2n1. The number of aldehydes is 1. The molecule has 0 atom stereocenters. The Bertz CT molecular complexity index is 506. The number of carbonyl (C=O) groups excluding carboxylic acids is 1. The Kier molecular flexibility index (Phi) is 2.23. The van der Waals surface area contributed by atoms with E-state index in [0.717, 1.165) is 17.3 Å². The van der Waals surface area contributed by atoms with E-state index in [0.29, 0.717) is 5.69 Å². The average Bonchev–Trinajstić information content (AvgIpc) is 2.28. The molecule has 0 spiro atoms. The van der Waals surface area contributed by atoms with Crippen LogP contribution in [0, 0.1) is 0 Å². The fourth-order valence-electron chi connectivity index (χ4n) is 1.33. The zero-order valence-corrected chi connectivity index (χ0v) is 8.77. The standard InChI is InChI=1S/C12H12N2O/c1-12(2,8-15)11-7-13-9-5-3-4-6-10(9)14-11/h3-8H,1-2H3. The second-order valence-electron chi connectivity index (χ2n) is 4.08. The van der Waals surface area contributed by atoms with Crippen molar-refractivity contribution >= 4 is 17.3 Å². The van der Waals surface area contributed by atoms with Crippen LogP contribution in [0.1, 0.15) is 19.5 Å². The second kappa shape index (κ2) is 3.42. The van der Waals surface area contributed by atoms with Crippen molar-refractivity contribution in [3.05, 3.63) is 36.2 Å². The first-order chi connectivity index (χ1) is 7.13. The van der Waals surface area contributed by atoms with Crippen molar-refractivity contribution in [1.82, 2.24) is 9.97 Å². The van der Waals surface area contributed by atoms with E-state index in [1.807, 2.05) is 38.1 Å². The van der Waals surface area contributed by atoms with E-state index in [4.69, 9.17) is 0 Å². The lowest BCUT2D eigenvalue weighted by Crippen LogP contribution is -2.20. The van der Waals surface area contributed by atoms with Gasteiger partial charge in [-0.3, -0.25) is 4.98 Å². The Morgan fingerprint density at radius 3 is 2.53 bits per heavy atom. The molecule has 0 bridgehead atoms. The smallest absolute Gasteiger partial charge is 0.131 e. The molecule has 0 aliphatic carbocycles. The summed E-state index contributed by atoms with van der Waals surface area (Å²) in [7, 11) is 0. The van der Waals surface area contributed by atoms with Gasteiger partial charge in [-0.2, -0.15) is 0 Å². The number of benzene rings is 1. The Morgan fingerprint density at radius 2 is 1.87 bits per heavy atom. The zero-order valence-electron chi connectivity index (χ0n) is 8.77. The normalized spacial score (nSPS) is 11.6. The molecule has 3 nitrogen and oxygen atoms in total. The molecule has 0 aliphatic heterocycles. The summed E-state index contributed by atoms with van der Waals surface area (Å²) < 4.78 is 0. The van der Waals surface area contributed by atoms with Gasteiger partial charge in [-0.1, -0.05) is 12.1 Å². The second-order valence-corrected chi connectivity index (χ2v) is 4.08.